The molecule has 0 heterocycles. The zero-order valence-electron chi connectivity index (χ0n) is 15.8. The lowest BCUT2D eigenvalue weighted by molar-refractivity contribution is -0.384. The number of rotatable bonds is 9. The minimum atomic E-state index is -1.03. The normalized spacial score (nSPS) is 12.4. The molecular weight excluding hydrogens is 376 g/mol. The molecule has 0 aliphatic heterocycles. The van der Waals surface area contributed by atoms with Crippen LogP contribution in [-0.2, 0) is 27.2 Å². The van der Waals surface area contributed by atoms with Crippen molar-refractivity contribution in [1.29, 1.82) is 0 Å². The van der Waals surface area contributed by atoms with Crippen molar-refractivity contribution in [2.75, 3.05) is 0 Å². The minimum Gasteiger partial charge on any atom is -0.368 e. The van der Waals surface area contributed by atoms with Crippen LogP contribution in [0.25, 0.3) is 0 Å². The molecule has 9 heteroatoms. The number of carbonyl (C=O) groups excluding carboxylic acids is 3. The maximum absolute atomic E-state index is 12.7. The van der Waals surface area contributed by atoms with E-state index in [2.05, 4.69) is 10.6 Å². The van der Waals surface area contributed by atoms with Gasteiger partial charge in [-0.2, -0.15) is 0 Å². The molecule has 0 aliphatic rings. The van der Waals surface area contributed by atoms with Gasteiger partial charge >= 0.3 is 0 Å². The molecule has 2 aromatic carbocycles. The van der Waals surface area contributed by atoms with E-state index in [1.54, 1.807) is 0 Å². The first kappa shape index (κ1) is 21.5. The number of non-ortho nitro benzene ring substituents is 1. The second-order valence-electron chi connectivity index (χ2n) is 6.53. The number of nitrogens with two attached hydrogens (primary N) is 1. The fourth-order valence-corrected chi connectivity index (χ4v) is 2.79. The van der Waals surface area contributed by atoms with Gasteiger partial charge in [-0.25, -0.2) is 0 Å². The summed E-state index contributed by atoms with van der Waals surface area (Å²) in [5, 5.41) is 15.9. The van der Waals surface area contributed by atoms with Crippen LogP contribution in [0.1, 0.15) is 18.1 Å². The zero-order valence-corrected chi connectivity index (χ0v) is 15.8. The van der Waals surface area contributed by atoms with Gasteiger partial charge in [0.25, 0.3) is 5.69 Å². The van der Waals surface area contributed by atoms with Crippen LogP contribution in [-0.4, -0.2) is 34.7 Å². The molecule has 0 radical (unpaired) electrons. The third-order valence-electron chi connectivity index (χ3n) is 4.22. The average Bonchev–Trinajstić information content (AvgIpc) is 2.67. The highest BCUT2D eigenvalue weighted by molar-refractivity contribution is 5.91. The molecule has 0 aromatic heterocycles. The van der Waals surface area contributed by atoms with E-state index < -0.39 is 28.8 Å². The van der Waals surface area contributed by atoms with E-state index in [9.17, 15) is 24.5 Å². The van der Waals surface area contributed by atoms with Crippen LogP contribution >= 0.6 is 0 Å². The van der Waals surface area contributed by atoms with E-state index in [1.807, 2.05) is 30.3 Å². The van der Waals surface area contributed by atoms with Gasteiger partial charge in [-0.1, -0.05) is 42.5 Å². The van der Waals surface area contributed by atoms with E-state index in [-0.39, 0.29) is 24.4 Å². The maximum Gasteiger partial charge on any atom is 0.269 e. The van der Waals surface area contributed by atoms with Gasteiger partial charge in [0.15, 0.2) is 0 Å². The maximum atomic E-state index is 12.7. The molecule has 2 atom stereocenters. The molecular formula is C20H22N4O5. The van der Waals surface area contributed by atoms with E-state index in [0.29, 0.717) is 5.56 Å². The quantitative estimate of drug-likeness (QED) is 0.424. The third-order valence-corrected chi connectivity index (χ3v) is 4.22. The van der Waals surface area contributed by atoms with Gasteiger partial charge in [0.1, 0.15) is 12.1 Å². The van der Waals surface area contributed by atoms with E-state index >= 15 is 0 Å². The summed E-state index contributed by atoms with van der Waals surface area (Å²) in [5.41, 5.74) is 6.77. The molecule has 0 saturated heterocycles. The molecule has 29 heavy (non-hydrogen) atoms. The van der Waals surface area contributed by atoms with Crippen LogP contribution in [0.4, 0.5) is 5.69 Å². The van der Waals surface area contributed by atoms with E-state index in [1.165, 1.54) is 31.2 Å². The lowest BCUT2D eigenvalue weighted by atomic mass is 10.0. The number of nitro groups is 1. The van der Waals surface area contributed by atoms with Crippen molar-refractivity contribution >= 4 is 23.4 Å². The lowest BCUT2D eigenvalue weighted by Gasteiger charge is -2.21. The molecule has 0 aliphatic carbocycles. The Balaban J connectivity index is 2.11. The Kier molecular flexibility index (Phi) is 7.41. The predicted octanol–water partition coefficient (Wildman–Crippen LogP) is 0.855. The number of nitro benzene ring substituents is 1. The Morgan fingerprint density at radius 2 is 1.48 bits per heavy atom. The number of nitrogens with one attached hydrogen (secondary N) is 2. The first-order valence-electron chi connectivity index (χ1n) is 8.90. The molecule has 3 amide bonds. The van der Waals surface area contributed by atoms with E-state index in [0.717, 1.165) is 5.56 Å². The molecule has 0 spiro atoms. The van der Waals surface area contributed by atoms with Gasteiger partial charge in [0, 0.05) is 31.9 Å². The van der Waals surface area contributed by atoms with Crippen molar-refractivity contribution in [3.63, 3.8) is 0 Å². The minimum absolute atomic E-state index is 0.0667. The SMILES string of the molecule is CC(=O)N[C@@H](Cc1ccccc1)C(=O)N[C@@H](Cc1ccc([N+](=O)[O-])cc1)C(N)=O. The molecule has 0 unspecified atom stereocenters. The topological polar surface area (TPSA) is 144 Å². The predicted molar refractivity (Wildman–Crippen MR) is 106 cm³/mol. The molecule has 4 N–H and O–H groups in total. The first-order valence-corrected chi connectivity index (χ1v) is 8.90. The number of hydrogen-bond acceptors (Lipinski definition) is 5. The summed E-state index contributed by atoms with van der Waals surface area (Å²) in [6.45, 7) is 1.30. The fraction of sp³-hybridized carbons (Fsp3) is 0.250. The number of nitrogens with zero attached hydrogens (tertiary/aromatic N) is 1. The van der Waals surface area contributed by atoms with Crippen molar-refractivity contribution in [3.05, 3.63) is 75.8 Å². The number of carbonyl (C=O) groups is 3. The van der Waals surface area contributed by atoms with Crippen molar-refractivity contribution in [2.24, 2.45) is 5.73 Å². The van der Waals surface area contributed by atoms with Crippen LogP contribution in [0.15, 0.2) is 54.6 Å². The summed E-state index contributed by atoms with van der Waals surface area (Å²) in [5.74, 6) is -1.68. The number of primary amides is 1. The smallest absolute Gasteiger partial charge is 0.269 e. The Hall–Kier alpha value is -3.75. The molecule has 152 valence electrons. The molecule has 0 saturated carbocycles. The van der Waals surface area contributed by atoms with Crippen LogP contribution in [0.3, 0.4) is 0 Å². The van der Waals surface area contributed by atoms with Gasteiger partial charge in [-0.3, -0.25) is 24.5 Å². The van der Waals surface area contributed by atoms with Gasteiger partial charge in [0.2, 0.25) is 17.7 Å². The molecule has 2 rings (SSSR count). The fourth-order valence-electron chi connectivity index (χ4n) is 2.79. The van der Waals surface area contributed by atoms with Crippen LogP contribution < -0.4 is 16.4 Å². The Morgan fingerprint density at radius 1 is 0.931 bits per heavy atom. The van der Waals surface area contributed by atoms with Crippen molar-refractivity contribution < 1.29 is 19.3 Å². The molecule has 2 aromatic rings. The monoisotopic (exact) mass is 398 g/mol. The lowest BCUT2D eigenvalue weighted by Crippen LogP contribution is -2.54. The summed E-state index contributed by atoms with van der Waals surface area (Å²) < 4.78 is 0. The second kappa shape index (κ2) is 9.98. The van der Waals surface area contributed by atoms with Crippen molar-refractivity contribution in [3.8, 4) is 0 Å². The summed E-state index contributed by atoms with van der Waals surface area (Å²) in [4.78, 5) is 46.3. The first-order chi connectivity index (χ1) is 13.8. The Morgan fingerprint density at radius 3 is 2.00 bits per heavy atom. The number of amides is 3. The summed E-state index contributed by atoms with van der Waals surface area (Å²) in [7, 11) is 0. The van der Waals surface area contributed by atoms with Gasteiger partial charge in [0.05, 0.1) is 4.92 Å². The Labute approximate surface area is 167 Å². The largest absolute Gasteiger partial charge is 0.368 e. The van der Waals surface area contributed by atoms with Crippen molar-refractivity contribution in [2.45, 2.75) is 31.8 Å². The number of hydrogen-bond donors (Lipinski definition) is 3. The van der Waals surface area contributed by atoms with Gasteiger partial charge in [-0.15, -0.1) is 0 Å². The summed E-state index contributed by atoms with van der Waals surface area (Å²) in [6, 6.07) is 12.8. The second-order valence-corrected chi connectivity index (χ2v) is 6.53. The zero-order chi connectivity index (χ0) is 21.4. The van der Waals surface area contributed by atoms with Crippen LogP contribution in [0.5, 0.6) is 0 Å². The number of benzene rings is 2. The van der Waals surface area contributed by atoms with E-state index in [4.69, 9.17) is 5.73 Å². The van der Waals surface area contributed by atoms with Gasteiger partial charge < -0.3 is 16.4 Å². The summed E-state index contributed by atoms with van der Waals surface area (Å²) >= 11 is 0. The highest BCUT2D eigenvalue weighted by atomic mass is 16.6. The van der Waals surface area contributed by atoms with Crippen LogP contribution in [0.2, 0.25) is 0 Å². The highest BCUT2D eigenvalue weighted by Crippen LogP contribution is 2.13. The Bertz CT molecular complexity index is 884. The van der Waals surface area contributed by atoms with Crippen molar-refractivity contribution in [1.82, 2.24) is 10.6 Å². The van der Waals surface area contributed by atoms with Crippen LogP contribution in [0, 0.1) is 10.1 Å². The molecule has 0 bridgehead atoms. The summed E-state index contributed by atoms with van der Waals surface area (Å²) in [6.07, 6.45) is 0.312. The average molecular weight is 398 g/mol. The van der Waals surface area contributed by atoms with Gasteiger partial charge in [-0.05, 0) is 11.1 Å². The highest BCUT2D eigenvalue weighted by Gasteiger charge is 2.25. The molecule has 0 fully saturated rings. The standard InChI is InChI=1S/C20H22N4O5/c1-13(25)22-18(12-14-5-3-2-4-6-14)20(27)23-17(19(21)26)11-15-7-9-16(10-8-15)24(28)29/h2-10,17-18H,11-12H2,1H3,(H2,21,26)(H,22,25)(H,23,27)/t17-,18-/m0/s1. The molecule has 9 nitrogen and oxygen atoms in total. The third kappa shape index (κ3) is 6.73.